The standard InChI is InChI=1S/C24H15Br2N3O5/c1-14-9-20(25)22(21(26)10-14)28-23(30)17(13-27)11-15-5-7-19(8-6-15)34-24(31)16-3-2-4-18(12-16)29(32)33/h2-12H,1H3,(H,28,30)/b17-11+. The molecule has 170 valence electrons. The second kappa shape index (κ2) is 10.9. The SMILES string of the molecule is Cc1cc(Br)c(NC(=O)/C(C#N)=C/c2ccc(OC(=O)c3cccc([N+](=O)[O-])c3)cc2)c(Br)c1. The van der Waals surface area contributed by atoms with E-state index >= 15 is 0 Å². The molecule has 0 aliphatic rings. The third-order valence-electron chi connectivity index (χ3n) is 4.48. The third-order valence-corrected chi connectivity index (χ3v) is 5.74. The first-order chi connectivity index (χ1) is 16.2. The van der Waals surface area contributed by atoms with Gasteiger partial charge in [0.25, 0.3) is 11.6 Å². The first-order valence-electron chi connectivity index (χ1n) is 9.63. The lowest BCUT2D eigenvalue weighted by atomic mass is 10.1. The highest BCUT2D eigenvalue weighted by molar-refractivity contribution is 9.11. The van der Waals surface area contributed by atoms with Gasteiger partial charge >= 0.3 is 5.97 Å². The Balaban J connectivity index is 1.73. The Hall–Kier alpha value is -3.81. The number of nitro groups is 1. The molecule has 3 rings (SSSR count). The summed E-state index contributed by atoms with van der Waals surface area (Å²) in [5, 5.41) is 23.0. The topological polar surface area (TPSA) is 122 Å². The number of amides is 1. The van der Waals surface area contributed by atoms with Crippen molar-refractivity contribution in [2.24, 2.45) is 0 Å². The third kappa shape index (κ3) is 6.15. The van der Waals surface area contributed by atoms with E-state index in [4.69, 9.17) is 4.74 Å². The molecule has 0 aromatic heterocycles. The van der Waals surface area contributed by atoms with Gasteiger partial charge in [-0.05, 0) is 86.3 Å². The van der Waals surface area contributed by atoms with Crippen LogP contribution in [0, 0.1) is 28.4 Å². The number of nitriles is 1. The molecule has 0 aliphatic heterocycles. The number of ether oxygens (including phenoxy) is 1. The van der Waals surface area contributed by atoms with Gasteiger partial charge in [-0.1, -0.05) is 18.2 Å². The number of halogens is 2. The van der Waals surface area contributed by atoms with Gasteiger partial charge in [-0.25, -0.2) is 4.79 Å². The molecule has 0 atom stereocenters. The van der Waals surface area contributed by atoms with E-state index in [1.54, 1.807) is 12.1 Å². The maximum atomic E-state index is 12.6. The molecule has 0 aliphatic carbocycles. The van der Waals surface area contributed by atoms with Crippen LogP contribution in [0.15, 0.2) is 75.2 Å². The fourth-order valence-electron chi connectivity index (χ4n) is 2.86. The number of nitrogens with zero attached hydrogens (tertiary/aromatic N) is 2. The van der Waals surface area contributed by atoms with Crippen molar-refractivity contribution in [2.75, 3.05) is 5.32 Å². The molecule has 0 saturated carbocycles. The largest absolute Gasteiger partial charge is 0.423 e. The Morgan fingerprint density at radius 1 is 1.09 bits per heavy atom. The molecule has 0 unspecified atom stereocenters. The van der Waals surface area contributed by atoms with Gasteiger partial charge in [-0.15, -0.1) is 0 Å². The number of anilines is 1. The molecule has 1 amide bonds. The van der Waals surface area contributed by atoms with E-state index < -0.39 is 16.8 Å². The predicted octanol–water partition coefficient (Wildman–Crippen LogP) is 6.19. The zero-order valence-corrected chi connectivity index (χ0v) is 20.7. The molecule has 0 saturated heterocycles. The smallest absolute Gasteiger partial charge is 0.343 e. The van der Waals surface area contributed by atoms with Crippen LogP contribution in [0.25, 0.3) is 6.08 Å². The van der Waals surface area contributed by atoms with Gasteiger partial charge in [0.1, 0.15) is 17.4 Å². The number of carbonyl (C=O) groups excluding carboxylic acids is 2. The highest BCUT2D eigenvalue weighted by Crippen LogP contribution is 2.32. The first kappa shape index (κ1) is 24.8. The zero-order valence-electron chi connectivity index (χ0n) is 17.5. The number of carbonyl (C=O) groups is 2. The molecule has 3 aromatic rings. The van der Waals surface area contributed by atoms with Crippen LogP contribution in [-0.2, 0) is 4.79 Å². The summed E-state index contributed by atoms with van der Waals surface area (Å²) < 4.78 is 6.58. The summed E-state index contributed by atoms with van der Waals surface area (Å²) in [4.78, 5) is 35.2. The predicted molar refractivity (Wildman–Crippen MR) is 133 cm³/mol. The van der Waals surface area contributed by atoms with E-state index in [1.165, 1.54) is 36.4 Å². The molecular weight excluding hydrogens is 570 g/mol. The van der Waals surface area contributed by atoms with Crippen molar-refractivity contribution in [3.8, 4) is 11.8 Å². The first-order valence-corrected chi connectivity index (χ1v) is 11.2. The number of hydrogen-bond donors (Lipinski definition) is 1. The van der Waals surface area contributed by atoms with E-state index in [2.05, 4.69) is 37.2 Å². The molecule has 0 spiro atoms. The number of benzene rings is 3. The average Bonchev–Trinajstić information content (AvgIpc) is 2.80. The molecule has 34 heavy (non-hydrogen) atoms. The Kier molecular flexibility index (Phi) is 7.94. The van der Waals surface area contributed by atoms with Crippen molar-refractivity contribution in [1.29, 1.82) is 5.26 Å². The van der Waals surface area contributed by atoms with Crippen LogP contribution >= 0.6 is 31.9 Å². The summed E-state index contributed by atoms with van der Waals surface area (Å²) in [6, 6.07) is 16.9. The summed E-state index contributed by atoms with van der Waals surface area (Å²) in [6.07, 6.45) is 1.40. The van der Waals surface area contributed by atoms with Gasteiger partial charge < -0.3 is 10.1 Å². The van der Waals surface area contributed by atoms with Crippen molar-refractivity contribution < 1.29 is 19.2 Å². The second-order valence-corrected chi connectivity index (χ2v) is 8.70. The van der Waals surface area contributed by atoms with Crippen LogP contribution in [0.5, 0.6) is 5.75 Å². The van der Waals surface area contributed by atoms with E-state index in [1.807, 2.05) is 25.1 Å². The van der Waals surface area contributed by atoms with Crippen molar-refractivity contribution >= 4 is 61.2 Å². The normalized spacial score (nSPS) is 10.8. The van der Waals surface area contributed by atoms with Gasteiger partial charge in [-0.3, -0.25) is 14.9 Å². The molecule has 10 heteroatoms. The van der Waals surface area contributed by atoms with Crippen LogP contribution in [0.3, 0.4) is 0 Å². The summed E-state index contributed by atoms with van der Waals surface area (Å²) in [5.74, 6) is -1.14. The Bertz CT molecular complexity index is 1340. The molecule has 0 heterocycles. The molecule has 0 radical (unpaired) electrons. The van der Waals surface area contributed by atoms with Crippen LogP contribution < -0.4 is 10.1 Å². The minimum absolute atomic E-state index is 0.0371. The van der Waals surface area contributed by atoms with Gasteiger partial charge in [0.05, 0.1) is 16.2 Å². The Morgan fingerprint density at radius 2 is 1.74 bits per heavy atom. The van der Waals surface area contributed by atoms with Crippen molar-refractivity contribution in [2.45, 2.75) is 6.92 Å². The number of hydrogen-bond acceptors (Lipinski definition) is 6. The average molecular weight is 585 g/mol. The molecule has 3 aromatic carbocycles. The number of nitro benzene ring substituents is 1. The number of nitrogens with one attached hydrogen (secondary N) is 1. The van der Waals surface area contributed by atoms with E-state index in [-0.39, 0.29) is 22.6 Å². The highest BCUT2D eigenvalue weighted by atomic mass is 79.9. The lowest BCUT2D eigenvalue weighted by Gasteiger charge is -2.10. The molecule has 8 nitrogen and oxygen atoms in total. The van der Waals surface area contributed by atoms with Crippen LogP contribution in [0.1, 0.15) is 21.5 Å². The van der Waals surface area contributed by atoms with Gasteiger partial charge in [0, 0.05) is 21.1 Å². The number of non-ortho nitro benzene ring substituents is 1. The highest BCUT2D eigenvalue weighted by Gasteiger charge is 2.15. The molecule has 1 N–H and O–H groups in total. The molecule has 0 bridgehead atoms. The minimum Gasteiger partial charge on any atom is -0.423 e. The van der Waals surface area contributed by atoms with Crippen LogP contribution in [0.2, 0.25) is 0 Å². The van der Waals surface area contributed by atoms with Gasteiger partial charge in [0.15, 0.2) is 0 Å². The quantitative estimate of drug-likeness (QED) is 0.0920. The van der Waals surface area contributed by atoms with Crippen molar-refractivity contribution in [3.05, 3.63) is 102 Å². The lowest BCUT2D eigenvalue weighted by molar-refractivity contribution is -0.384. The number of rotatable bonds is 6. The van der Waals surface area contributed by atoms with Crippen molar-refractivity contribution in [3.63, 3.8) is 0 Å². The lowest BCUT2D eigenvalue weighted by Crippen LogP contribution is -2.14. The zero-order chi connectivity index (χ0) is 24.8. The maximum absolute atomic E-state index is 12.6. The summed E-state index contributed by atoms with van der Waals surface area (Å²) in [5.41, 5.74) is 1.71. The van der Waals surface area contributed by atoms with Crippen LogP contribution in [-0.4, -0.2) is 16.8 Å². The summed E-state index contributed by atoms with van der Waals surface area (Å²) >= 11 is 6.80. The summed E-state index contributed by atoms with van der Waals surface area (Å²) in [6.45, 7) is 1.91. The van der Waals surface area contributed by atoms with E-state index in [0.717, 1.165) is 11.6 Å². The van der Waals surface area contributed by atoms with Gasteiger partial charge in [-0.2, -0.15) is 5.26 Å². The Labute approximate surface area is 211 Å². The number of aryl methyl sites for hydroxylation is 1. The maximum Gasteiger partial charge on any atom is 0.343 e. The second-order valence-electron chi connectivity index (χ2n) is 6.99. The fourth-order valence-corrected chi connectivity index (χ4v) is 4.47. The fraction of sp³-hybridized carbons (Fsp3) is 0.0417. The van der Waals surface area contributed by atoms with E-state index in [9.17, 15) is 25.0 Å². The molecular formula is C24H15Br2N3O5. The number of esters is 1. The van der Waals surface area contributed by atoms with Gasteiger partial charge in [0.2, 0.25) is 0 Å². The van der Waals surface area contributed by atoms with Crippen LogP contribution in [0.4, 0.5) is 11.4 Å². The molecule has 0 fully saturated rings. The van der Waals surface area contributed by atoms with Crippen molar-refractivity contribution in [1.82, 2.24) is 0 Å². The Morgan fingerprint density at radius 3 is 2.32 bits per heavy atom. The van der Waals surface area contributed by atoms with E-state index in [0.29, 0.717) is 20.2 Å². The minimum atomic E-state index is -0.752. The monoisotopic (exact) mass is 583 g/mol. The summed E-state index contributed by atoms with van der Waals surface area (Å²) in [7, 11) is 0.